The Morgan fingerprint density at radius 1 is 1.04 bits per heavy atom. The van der Waals surface area contributed by atoms with Crippen molar-refractivity contribution in [2.24, 2.45) is 0 Å². The van der Waals surface area contributed by atoms with Crippen LogP contribution >= 0.6 is 11.8 Å². The van der Waals surface area contributed by atoms with Crippen LogP contribution in [0.4, 0.5) is 0 Å². The summed E-state index contributed by atoms with van der Waals surface area (Å²) >= 11 is 1.39. The predicted molar refractivity (Wildman–Crippen MR) is 87.8 cm³/mol. The molecule has 23 heavy (non-hydrogen) atoms. The van der Waals surface area contributed by atoms with Crippen LogP contribution in [-0.2, 0) is 0 Å². The van der Waals surface area contributed by atoms with E-state index >= 15 is 0 Å². The number of thioether (sulfide) groups is 1. The van der Waals surface area contributed by atoms with Crippen molar-refractivity contribution >= 4 is 11.8 Å². The SMILES string of the molecule is O[C@@H](COc1ccccc1)CSc1nnnn1-c1ccccc1. The van der Waals surface area contributed by atoms with Gasteiger partial charge in [-0.05, 0) is 34.7 Å². The normalized spacial score (nSPS) is 12.0. The Bertz CT molecular complexity index is 721. The molecule has 0 spiro atoms. The van der Waals surface area contributed by atoms with Gasteiger partial charge in [-0.3, -0.25) is 0 Å². The molecular weight excluding hydrogens is 312 g/mol. The Kier molecular flexibility index (Phi) is 5.23. The van der Waals surface area contributed by atoms with E-state index in [0.29, 0.717) is 10.9 Å². The van der Waals surface area contributed by atoms with Gasteiger partial charge in [0.25, 0.3) is 0 Å². The number of hydrogen-bond acceptors (Lipinski definition) is 6. The van der Waals surface area contributed by atoms with Crippen LogP contribution in [0.1, 0.15) is 0 Å². The maximum atomic E-state index is 10.0. The number of rotatable bonds is 7. The number of aromatic nitrogens is 4. The Labute approximate surface area is 138 Å². The van der Waals surface area contributed by atoms with Gasteiger partial charge in [-0.1, -0.05) is 48.2 Å². The van der Waals surface area contributed by atoms with Crippen molar-refractivity contribution in [3.8, 4) is 11.4 Å². The quantitative estimate of drug-likeness (QED) is 0.670. The minimum absolute atomic E-state index is 0.226. The summed E-state index contributed by atoms with van der Waals surface area (Å²) in [6.45, 7) is 0.226. The zero-order valence-electron chi connectivity index (χ0n) is 12.3. The molecule has 0 radical (unpaired) electrons. The Morgan fingerprint density at radius 2 is 1.74 bits per heavy atom. The zero-order chi connectivity index (χ0) is 15.9. The lowest BCUT2D eigenvalue weighted by Crippen LogP contribution is -2.20. The van der Waals surface area contributed by atoms with E-state index in [1.807, 2.05) is 60.7 Å². The molecule has 0 fully saturated rings. The summed E-state index contributed by atoms with van der Waals surface area (Å²) in [5, 5.41) is 22.4. The van der Waals surface area contributed by atoms with Crippen molar-refractivity contribution in [2.75, 3.05) is 12.4 Å². The summed E-state index contributed by atoms with van der Waals surface area (Å²) in [6, 6.07) is 19.1. The van der Waals surface area contributed by atoms with Crippen LogP contribution in [0.2, 0.25) is 0 Å². The highest BCUT2D eigenvalue weighted by molar-refractivity contribution is 7.99. The van der Waals surface area contributed by atoms with Crippen molar-refractivity contribution in [3.63, 3.8) is 0 Å². The Hall–Kier alpha value is -2.38. The molecule has 1 aromatic heterocycles. The number of ether oxygens (including phenoxy) is 1. The average Bonchev–Trinajstić information content (AvgIpc) is 3.08. The second kappa shape index (κ2) is 7.75. The second-order valence-electron chi connectivity index (χ2n) is 4.80. The molecule has 0 unspecified atom stereocenters. The van der Waals surface area contributed by atoms with Gasteiger partial charge >= 0.3 is 0 Å². The highest BCUT2D eigenvalue weighted by Gasteiger charge is 2.12. The van der Waals surface area contributed by atoms with Gasteiger partial charge in [-0.15, -0.1) is 5.10 Å². The van der Waals surface area contributed by atoms with E-state index in [1.165, 1.54) is 11.8 Å². The number of hydrogen-bond donors (Lipinski definition) is 1. The molecule has 3 rings (SSSR count). The van der Waals surface area contributed by atoms with Gasteiger partial charge < -0.3 is 9.84 Å². The predicted octanol–water partition coefficient (Wildman–Crippen LogP) is 2.19. The summed E-state index contributed by atoms with van der Waals surface area (Å²) in [5.41, 5.74) is 0.884. The fraction of sp³-hybridized carbons (Fsp3) is 0.188. The lowest BCUT2D eigenvalue weighted by atomic mass is 10.3. The van der Waals surface area contributed by atoms with Crippen LogP contribution < -0.4 is 4.74 Å². The Balaban J connectivity index is 1.54. The second-order valence-corrected chi connectivity index (χ2v) is 5.78. The van der Waals surface area contributed by atoms with Gasteiger partial charge in [0.2, 0.25) is 5.16 Å². The van der Waals surface area contributed by atoms with E-state index in [1.54, 1.807) is 4.68 Å². The third kappa shape index (κ3) is 4.30. The minimum atomic E-state index is -0.610. The molecule has 6 nitrogen and oxygen atoms in total. The molecule has 0 amide bonds. The number of tetrazole rings is 1. The third-order valence-corrected chi connectivity index (χ3v) is 4.10. The fourth-order valence-electron chi connectivity index (χ4n) is 1.93. The van der Waals surface area contributed by atoms with Gasteiger partial charge in [0.05, 0.1) is 11.8 Å². The van der Waals surface area contributed by atoms with Gasteiger partial charge in [-0.25, -0.2) is 0 Å². The van der Waals surface area contributed by atoms with Crippen molar-refractivity contribution < 1.29 is 9.84 Å². The molecule has 0 aliphatic heterocycles. The first-order valence-corrected chi connectivity index (χ1v) is 8.14. The maximum absolute atomic E-state index is 10.0. The van der Waals surface area contributed by atoms with Crippen molar-refractivity contribution in [2.45, 2.75) is 11.3 Å². The first-order valence-electron chi connectivity index (χ1n) is 7.15. The van der Waals surface area contributed by atoms with Crippen LogP contribution in [0.3, 0.4) is 0 Å². The molecule has 0 aliphatic carbocycles. The van der Waals surface area contributed by atoms with Gasteiger partial charge in [0.15, 0.2) is 0 Å². The first kappa shape index (κ1) is 15.5. The summed E-state index contributed by atoms with van der Waals surface area (Å²) in [5.74, 6) is 1.19. The van der Waals surface area contributed by atoms with E-state index in [0.717, 1.165) is 11.4 Å². The van der Waals surface area contributed by atoms with Crippen LogP contribution in [0, 0.1) is 0 Å². The largest absolute Gasteiger partial charge is 0.491 e. The summed E-state index contributed by atoms with van der Waals surface area (Å²) in [4.78, 5) is 0. The molecule has 0 saturated heterocycles. The highest BCUT2D eigenvalue weighted by atomic mass is 32.2. The summed E-state index contributed by atoms with van der Waals surface area (Å²) in [6.07, 6.45) is -0.610. The topological polar surface area (TPSA) is 73.1 Å². The smallest absolute Gasteiger partial charge is 0.214 e. The summed E-state index contributed by atoms with van der Waals surface area (Å²) in [7, 11) is 0. The number of aliphatic hydroxyl groups is 1. The standard InChI is InChI=1S/C16H16N4O2S/c21-14(11-22-15-9-5-2-6-10-15)12-23-16-17-18-19-20(16)13-7-3-1-4-8-13/h1-10,14,21H,11-12H2/t14-/m0/s1. The molecule has 1 heterocycles. The highest BCUT2D eigenvalue weighted by Crippen LogP contribution is 2.19. The molecule has 0 aliphatic rings. The molecule has 7 heteroatoms. The lowest BCUT2D eigenvalue weighted by Gasteiger charge is -2.11. The summed E-state index contributed by atoms with van der Waals surface area (Å²) < 4.78 is 7.18. The molecule has 1 N–H and O–H groups in total. The number of nitrogens with zero attached hydrogens (tertiary/aromatic N) is 4. The molecular formula is C16H16N4O2S. The van der Waals surface area contributed by atoms with Crippen LogP contribution in [-0.4, -0.2) is 43.8 Å². The number of aliphatic hydroxyl groups excluding tert-OH is 1. The third-order valence-electron chi connectivity index (χ3n) is 3.03. The van der Waals surface area contributed by atoms with Crippen molar-refractivity contribution in [1.29, 1.82) is 0 Å². The molecule has 3 aromatic rings. The number of para-hydroxylation sites is 2. The van der Waals surface area contributed by atoms with Crippen LogP contribution in [0.5, 0.6) is 5.75 Å². The first-order chi connectivity index (χ1) is 11.3. The maximum Gasteiger partial charge on any atom is 0.214 e. The van der Waals surface area contributed by atoms with E-state index in [9.17, 15) is 5.11 Å². The zero-order valence-corrected chi connectivity index (χ0v) is 13.1. The minimum Gasteiger partial charge on any atom is -0.491 e. The molecule has 2 aromatic carbocycles. The van der Waals surface area contributed by atoms with E-state index in [2.05, 4.69) is 15.5 Å². The van der Waals surface area contributed by atoms with E-state index in [4.69, 9.17) is 4.74 Å². The van der Waals surface area contributed by atoms with Gasteiger partial charge in [-0.2, -0.15) is 4.68 Å². The molecule has 0 bridgehead atoms. The van der Waals surface area contributed by atoms with Crippen LogP contribution in [0.15, 0.2) is 65.8 Å². The lowest BCUT2D eigenvalue weighted by molar-refractivity contribution is 0.126. The van der Waals surface area contributed by atoms with Crippen LogP contribution in [0.25, 0.3) is 5.69 Å². The average molecular weight is 328 g/mol. The number of benzene rings is 2. The van der Waals surface area contributed by atoms with Gasteiger partial charge in [0, 0.05) is 5.75 Å². The molecule has 0 saturated carbocycles. The van der Waals surface area contributed by atoms with Crippen molar-refractivity contribution in [3.05, 3.63) is 60.7 Å². The van der Waals surface area contributed by atoms with E-state index < -0.39 is 6.10 Å². The molecule has 118 valence electrons. The van der Waals surface area contributed by atoms with Gasteiger partial charge in [0.1, 0.15) is 12.4 Å². The van der Waals surface area contributed by atoms with Crippen molar-refractivity contribution in [1.82, 2.24) is 20.2 Å². The molecule has 1 atom stereocenters. The Morgan fingerprint density at radius 3 is 2.48 bits per heavy atom. The van der Waals surface area contributed by atoms with E-state index in [-0.39, 0.29) is 6.61 Å². The monoisotopic (exact) mass is 328 g/mol. The fourth-order valence-corrected chi connectivity index (χ4v) is 2.72.